The zero-order valence-corrected chi connectivity index (χ0v) is 17.4. The minimum absolute atomic E-state index is 0.0143. The van der Waals surface area contributed by atoms with Crippen molar-refractivity contribution in [1.82, 2.24) is 4.98 Å². The van der Waals surface area contributed by atoms with Crippen molar-refractivity contribution in [2.24, 2.45) is 0 Å². The Morgan fingerprint density at radius 3 is 2.58 bits per heavy atom. The maximum atomic E-state index is 13.2. The number of hydrogen-bond acceptors (Lipinski definition) is 4. The Labute approximate surface area is 180 Å². The van der Waals surface area contributed by atoms with Crippen LogP contribution in [0, 0.1) is 5.82 Å². The minimum atomic E-state index is -0.676. The van der Waals surface area contributed by atoms with Gasteiger partial charge in [-0.15, -0.1) is 0 Å². The Morgan fingerprint density at radius 1 is 1.10 bits per heavy atom. The molecule has 3 aliphatic rings. The number of halogens is 1. The van der Waals surface area contributed by atoms with Crippen LogP contribution in [0.25, 0.3) is 0 Å². The number of carbonyl (C=O) groups is 2. The first-order valence-electron chi connectivity index (χ1n) is 11.1. The predicted octanol–water partition coefficient (Wildman–Crippen LogP) is 3.74. The summed E-state index contributed by atoms with van der Waals surface area (Å²) in [6.07, 6.45) is 5.37. The second-order valence-electron chi connectivity index (χ2n) is 8.65. The summed E-state index contributed by atoms with van der Waals surface area (Å²) in [6.45, 7) is 1.31. The third-order valence-electron chi connectivity index (χ3n) is 6.74. The largest absolute Gasteiger partial charge is 0.368 e. The molecule has 1 aromatic heterocycles. The van der Waals surface area contributed by atoms with E-state index >= 15 is 0 Å². The van der Waals surface area contributed by atoms with Crippen LogP contribution < -0.4 is 10.2 Å². The summed E-state index contributed by atoms with van der Waals surface area (Å²) in [5, 5.41) is 2.93. The zero-order chi connectivity index (χ0) is 21.4. The molecule has 5 rings (SSSR count). The summed E-state index contributed by atoms with van der Waals surface area (Å²) in [4.78, 5) is 32.8. The lowest BCUT2D eigenvalue weighted by atomic mass is 9.65. The van der Waals surface area contributed by atoms with Crippen molar-refractivity contribution < 1.29 is 18.7 Å². The van der Waals surface area contributed by atoms with Gasteiger partial charge < -0.3 is 15.0 Å². The Kier molecular flexibility index (Phi) is 5.22. The monoisotopic (exact) mass is 423 g/mol. The number of pyridine rings is 1. The van der Waals surface area contributed by atoms with Crippen LogP contribution >= 0.6 is 0 Å². The molecule has 1 atom stereocenters. The quantitative estimate of drug-likeness (QED) is 0.813. The van der Waals surface area contributed by atoms with Gasteiger partial charge >= 0.3 is 0 Å². The van der Waals surface area contributed by atoms with Gasteiger partial charge in [0.25, 0.3) is 5.91 Å². The number of hydrogen-bond donors (Lipinski definition) is 1. The number of aryl methyl sites for hydroxylation is 1. The van der Waals surface area contributed by atoms with Crippen LogP contribution in [0.4, 0.5) is 15.8 Å². The molecule has 3 heterocycles. The van der Waals surface area contributed by atoms with E-state index in [1.54, 1.807) is 17.0 Å². The van der Waals surface area contributed by atoms with E-state index in [-0.39, 0.29) is 23.7 Å². The minimum Gasteiger partial charge on any atom is -0.368 e. The topological polar surface area (TPSA) is 71.5 Å². The highest BCUT2D eigenvalue weighted by Gasteiger charge is 2.47. The van der Waals surface area contributed by atoms with Crippen molar-refractivity contribution in [1.29, 1.82) is 0 Å². The first kappa shape index (κ1) is 20.1. The number of amides is 2. The Balaban J connectivity index is 1.40. The summed E-state index contributed by atoms with van der Waals surface area (Å²) in [5.74, 6) is -0.434. The lowest BCUT2D eigenvalue weighted by Crippen LogP contribution is -2.47. The molecule has 2 fully saturated rings. The molecule has 0 bridgehead atoms. The van der Waals surface area contributed by atoms with Crippen LogP contribution in [0.2, 0.25) is 0 Å². The molecule has 1 aromatic carbocycles. The zero-order valence-electron chi connectivity index (χ0n) is 17.4. The second-order valence-corrected chi connectivity index (χ2v) is 8.65. The number of fused-ring (bicyclic) bond motifs is 1. The molecule has 31 heavy (non-hydrogen) atoms. The third kappa shape index (κ3) is 3.61. The average Bonchev–Trinajstić information content (AvgIpc) is 3.28. The van der Waals surface area contributed by atoms with E-state index in [9.17, 15) is 14.0 Å². The summed E-state index contributed by atoms with van der Waals surface area (Å²) >= 11 is 0. The van der Waals surface area contributed by atoms with Gasteiger partial charge in [0.05, 0.1) is 22.5 Å². The highest BCUT2D eigenvalue weighted by atomic mass is 19.1. The molecule has 7 heteroatoms. The van der Waals surface area contributed by atoms with E-state index in [0.29, 0.717) is 18.8 Å². The van der Waals surface area contributed by atoms with Gasteiger partial charge in [-0.1, -0.05) is 6.42 Å². The molecule has 2 aromatic rings. The first-order valence-corrected chi connectivity index (χ1v) is 11.1. The van der Waals surface area contributed by atoms with E-state index in [1.807, 2.05) is 12.1 Å². The van der Waals surface area contributed by atoms with Gasteiger partial charge in [-0.25, -0.2) is 4.39 Å². The van der Waals surface area contributed by atoms with Crippen molar-refractivity contribution in [2.75, 3.05) is 23.4 Å². The Morgan fingerprint density at radius 2 is 1.90 bits per heavy atom. The predicted molar refractivity (Wildman–Crippen MR) is 114 cm³/mol. The van der Waals surface area contributed by atoms with E-state index in [1.165, 1.54) is 12.1 Å². The highest BCUT2D eigenvalue weighted by molar-refractivity contribution is 6.00. The molecule has 1 N–H and O–H groups in total. The van der Waals surface area contributed by atoms with Crippen LogP contribution in [-0.4, -0.2) is 36.1 Å². The molecule has 1 aliphatic carbocycles. The average molecular weight is 423 g/mol. The van der Waals surface area contributed by atoms with Gasteiger partial charge in [0.1, 0.15) is 11.9 Å². The van der Waals surface area contributed by atoms with Gasteiger partial charge in [0.15, 0.2) is 0 Å². The fourth-order valence-electron chi connectivity index (χ4n) is 4.80. The van der Waals surface area contributed by atoms with Crippen molar-refractivity contribution in [3.63, 3.8) is 0 Å². The number of benzene rings is 1. The van der Waals surface area contributed by atoms with Crippen LogP contribution in [-0.2, 0) is 26.2 Å². The number of ether oxygens (including phenoxy) is 1. The number of anilines is 2. The summed E-state index contributed by atoms with van der Waals surface area (Å²) in [6, 6.07) is 9.63. The van der Waals surface area contributed by atoms with Crippen LogP contribution in [0.15, 0.2) is 36.4 Å². The molecule has 6 nitrogen and oxygen atoms in total. The summed E-state index contributed by atoms with van der Waals surface area (Å²) in [5.41, 5.74) is 2.36. The highest BCUT2D eigenvalue weighted by Crippen LogP contribution is 2.45. The van der Waals surface area contributed by atoms with Gasteiger partial charge in [0.2, 0.25) is 5.91 Å². The molecule has 162 valence electrons. The van der Waals surface area contributed by atoms with Crippen molar-refractivity contribution >= 4 is 23.2 Å². The smallest absolute Gasteiger partial charge is 0.256 e. The summed E-state index contributed by atoms with van der Waals surface area (Å²) < 4.78 is 18.8. The number of nitrogens with one attached hydrogen (secondary N) is 1. The number of carbonyl (C=O) groups excluding carboxylic acids is 2. The normalized spacial score (nSPS) is 21.8. The SMILES string of the molecule is O=C([C@H]1CCCO1)N1CCCc2nc(C3(C(=O)Nc4ccc(F)cc4)CCC3)ccc21. The molecule has 0 unspecified atom stereocenters. The molecule has 2 aliphatic heterocycles. The van der Waals surface area contributed by atoms with Crippen molar-refractivity contribution in [3.05, 3.63) is 53.6 Å². The maximum absolute atomic E-state index is 13.2. The number of rotatable bonds is 4. The van der Waals surface area contributed by atoms with Gasteiger partial charge in [-0.2, -0.15) is 0 Å². The fourth-order valence-corrected chi connectivity index (χ4v) is 4.80. The van der Waals surface area contributed by atoms with Crippen LogP contribution in [0.1, 0.15) is 49.9 Å². The van der Waals surface area contributed by atoms with E-state index < -0.39 is 5.41 Å². The van der Waals surface area contributed by atoms with Gasteiger partial charge in [-0.3, -0.25) is 14.6 Å². The van der Waals surface area contributed by atoms with Gasteiger partial charge in [0, 0.05) is 18.8 Å². The number of nitrogens with zero attached hydrogens (tertiary/aromatic N) is 2. The Hall–Kier alpha value is -2.80. The second kappa shape index (κ2) is 8.04. The van der Waals surface area contributed by atoms with Crippen LogP contribution in [0.5, 0.6) is 0 Å². The fraction of sp³-hybridized carbons (Fsp3) is 0.458. The standard InChI is InChI=1S/C24H26FN3O3/c25-16-6-8-17(9-7-16)26-23(30)24(12-3-13-24)21-11-10-19-18(27-21)4-1-14-28(19)22(29)20-5-2-15-31-20/h6-11,20H,1-5,12-15H2,(H,26,30)/t20-/m1/s1. The molecule has 0 radical (unpaired) electrons. The lowest BCUT2D eigenvalue weighted by Gasteiger charge is -2.40. The van der Waals surface area contributed by atoms with E-state index in [0.717, 1.165) is 62.0 Å². The van der Waals surface area contributed by atoms with Crippen molar-refractivity contribution in [2.45, 2.75) is 56.5 Å². The van der Waals surface area contributed by atoms with Crippen LogP contribution in [0.3, 0.4) is 0 Å². The van der Waals surface area contributed by atoms with E-state index in [2.05, 4.69) is 5.32 Å². The molecule has 1 saturated carbocycles. The lowest BCUT2D eigenvalue weighted by molar-refractivity contribution is -0.127. The Bertz CT molecular complexity index is 998. The van der Waals surface area contributed by atoms with Gasteiger partial charge in [-0.05, 0) is 74.9 Å². The molecule has 2 amide bonds. The summed E-state index contributed by atoms with van der Waals surface area (Å²) in [7, 11) is 0. The third-order valence-corrected chi connectivity index (χ3v) is 6.74. The molecular weight excluding hydrogens is 397 g/mol. The maximum Gasteiger partial charge on any atom is 0.256 e. The molecular formula is C24H26FN3O3. The molecule has 0 spiro atoms. The number of aromatic nitrogens is 1. The van der Waals surface area contributed by atoms with E-state index in [4.69, 9.17) is 9.72 Å². The molecule has 1 saturated heterocycles. The first-order chi connectivity index (χ1) is 15.1. The van der Waals surface area contributed by atoms with Crippen molar-refractivity contribution in [3.8, 4) is 0 Å².